The minimum Gasteiger partial charge on any atom is -0.472 e. The Bertz CT molecular complexity index is 386. The van der Waals surface area contributed by atoms with Gasteiger partial charge in [0.05, 0.1) is 13.0 Å². The zero-order chi connectivity index (χ0) is 11.6. The summed E-state index contributed by atoms with van der Waals surface area (Å²) in [6.45, 7) is 0.0732. The van der Waals surface area contributed by atoms with E-state index in [9.17, 15) is 13.2 Å². The maximum atomic E-state index is 12.1. The van der Waals surface area contributed by atoms with Crippen LogP contribution in [0, 0.1) is 0 Å². The molecule has 1 aromatic rings. The molecule has 2 rings (SSSR count). The van der Waals surface area contributed by atoms with Gasteiger partial charge in [0.15, 0.2) is 0 Å². The number of aliphatic imine (C=N–C) groups is 1. The normalized spacial score (nSPS) is 20.4. The standard InChI is InChI=1S/C11H10F3NO/c12-11(13,14)6-9-7-15-10(16-9)8-4-2-1-3-5-8/h1-5,9H,6-7H2/t9-/m0/s1. The van der Waals surface area contributed by atoms with Crippen molar-refractivity contribution in [2.45, 2.75) is 18.7 Å². The van der Waals surface area contributed by atoms with Gasteiger partial charge in [-0.05, 0) is 12.1 Å². The summed E-state index contributed by atoms with van der Waals surface area (Å²) < 4.78 is 41.5. The molecular formula is C11H10F3NO. The number of alkyl halides is 3. The van der Waals surface area contributed by atoms with Crippen molar-refractivity contribution in [3.63, 3.8) is 0 Å². The van der Waals surface area contributed by atoms with Gasteiger partial charge in [0.2, 0.25) is 5.90 Å². The lowest BCUT2D eigenvalue weighted by Crippen LogP contribution is -2.22. The van der Waals surface area contributed by atoms with Crippen LogP contribution in [0.3, 0.4) is 0 Å². The minimum atomic E-state index is -4.20. The summed E-state index contributed by atoms with van der Waals surface area (Å²) in [5.74, 6) is 0.301. The van der Waals surface area contributed by atoms with Crippen molar-refractivity contribution in [2.24, 2.45) is 4.99 Å². The van der Waals surface area contributed by atoms with Crippen LogP contribution in [0.15, 0.2) is 35.3 Å². The molecule has 0 saturated heterocycles. The highest BCUT2D eigenvalue weighted by molar-refractivity contribution is 5.95. The summed E-state index contributed by atoms with van der Waals surface area (Å²) in [7, 11) is 0. The lowest BCUT2D eigenvalue weighted by molar-refractivity contribution is -0.149. The van der Waals surface area contributed by atoms with Crippen molar-refractivity contribution in [3.05, 3.63) is 35.9 Å². The van der Waals surface area contributed by atoms with Crippen LogP contribution in [-0.2, 0) is 4.74 Å². The molecule has 0 N–H and O–H groups in total. The summed E-state index contributed by atoms with van der Waals surface area (Å²) in [4.78, 5) is 3.97. The van der Waals surface area contributed by atoms with Crippen LogP contribution in [0.1, 0.15) is 12.0 Å². The highest BCUT2D eigenvalue weighted by Crippen LogP contribution is 2.26. The van der Waals surface area contributed by atoms with Gasteiger partial charge in [-0.25, -0.2) is 4.99 Å². The van der Waals surface area contributed by atoms with Gasteiger partial charge in [-0.2, -0.15) is 13.2 Å². The summed E-state index contributed by atoms with van der Waals surface area (Å²) >= 11 is 0. The largest absolute Gasteiger partial charge is 0.472 e. The first kappa shape index (κ1) is 11.0. The van der Waals surface area contributed by atoms with Crippen LogP contribution in [0.2, 0.25) is 0 Å². The molecule has 1 heterocycles. The first-order chi connectivity index (χ1) is 7.54. The number of nitrogens with zero attached hydrogens (tertiary/aromatic N) is 1. The number of benzene rings is 1. The van der Waals surface area contributed by atoms with Crippen molar-refractivity contribution < 1.29 is 17.9 Å². The number of hydrogen-bond donors (Lipinski definition) is 0. The zero-order valence-corrected chi connectivity index (χ0v) is 8.37. The van der Waals surface area contributed by atoms with Gasteiger partial charge in [0.25, 0.3) is 0 Å². The molecule has 1 aliphatic heterocycles. The third kappa shape index (κ3) is 2.74. The molecule has 0 bridgehead atoms. The maximum absolute atomic E-state index is 12.1. The Morgan fingerprint density at radius 1 is 1.25 bits per heavy atom. The summed E-state index contributed by atoms with van der Waals surface area (Å²) in [5, 5.41) is 0. The van der Waals surface area contributed by atoms with Crippen molar-refractivity contribution >= 4 is 5.90 Å². The SMILES string of the molecule is FC(F)(F)C[C@H]1CN=C(c2ccccc2)O1. The van der Waals surface area contributed by atoms with E-state index in [1.807, 2.05) is 6.07 Å². The van der Waals surface area contributed by atoms with Gasteiger partial charge in [-0.15, -0.1) is 0 Å². The molecule has 0 saturated carbocycles. The van der Waals surface area contributed by atoms with Gasteiger partial charge in [0.1, 0.15) is 6.10 Å². The molecule has 1 aromatic carbocycles. The van der Waals surface area contributed by atoms with Gasteiger partial charge in [0, 0.05) is 5.56 Å². The molecule has 0 radical (unpaired) electrons. The molecule has 0 spiro atoms. The lowest BCUT2D eigenvalue weighted by atomic mass is 10.2. The summed E-state index contributed by atoms with van der Waals surface area (Å²) in [6, 6.07) is 8.92. The third-order valence-electron chi connectivity index (χ3n) is 2.20. The van der Waals surface area contributed by atoms with Gasteiger partial charge in [-0.3, -0.25) is 0 Å². The Hall–Kier alpha value is -1.52. The molecular weight excluding hydrogens is 219 g/mol. The molecule has 0 aromatic heterocycles. The van der Waals surface area contributed by atoms with Crippen molar-refractivity contribution in [1.29, 1.82) is 0 Å². The molecule has 1 atom stereocenters. The van der Waals surface area contributed by atoms with Crippen LogP contribution in [-0.4, -0.2) is 24.7 Å². The Balaban J connectivity index is 1.98. The second kappa shape index (κ2) is 4.15. The highest BCUT2D eigenvalue weighted by atomic mass is 19.4. The van der Waals surface area contributed by atoms with E-state index in [2.05, 4.69) is 4.99 Å². The first-order valence-electron chi connectivity index (χ1n) is 4.88. The fourth-order valence-electron chi connectivity index (χ4n) is 1.52. The monoisotopic (exact) mass is 229 g/mol. The molecule has 5 heteroatoms. The molecule has 2 nitrogen and oxygen atoms in total. The Morgan fingerprint density at radius 2 is 1.94 bits per heavy atom. The van der Waals surface area contributed by atoms with E-state index in [-0.39, 0.29) is 6.54 Å². The molecule has 0 amide bonds. The summed E-state index contributed by atoms with van der Waals surface area (Å²) in [6.07, 6.45) is -6.03. The van der Waals surface area contributed by atoms with Gasteiger partial charge >= 0.3 is 6.18 Å². The van der Waals surface area contributed by atoms with Gasteiger partial charge < -0.3 is 4.74 Å². The van der Waals surface area contributed by atoms with Crippen LogP contribution in [0.4, 0.5) is 13.2 Å². The van der Waals surface area contributed by atoms with E-state index >= 15 is 0 Å². The summed E-state index contributed by atoms with van der Waals surface area (Å²) in [5.41, 5.74) is 0.715. The molecule has 1 aliphatic rings. The van der Waals surface area contributed by atoms with E-state index in [0.717, 1.165) is 0 Å². The Kier molecular flexibility index (Phi) is 2.85. The zero-order valence-electron chi connectivity index (χ0n) is 8.37. The van der Waals surface area contributed by atoms with E-state index in [4.69, 9.17) is 4.74 Å². The van der Waals surface area contributed by atoms with E-state index in [1.165, 1.54) is 0 Å². The predicted octanol–water partition coefficient (Wildman–Crippen LogP) is 2.78. The van der Waals surface area contributed by atoms with Crippen LogP contribution >= 0.6 is 0 Å². The highest BCUT2D eigenvalue weighted by Gasteiger charge is 2.35. The fraction of sp³-hybridized carbons (Fsp3) is 0.364. The van der Waals surface area contributed by atoms with E-state index < -0.39 is 18.7 Å². The average molecular weight is 229 g/mol. The Labute approximate surface area is 90.8 Å². The predicted molar refractivity (Wildman–Crippen MR) is 53.4 cm³/mol. The van der Waals surface area contributed by atoms with Crippen molar-refractivity contribution in [1.82, 2.24) is 0 Å². The molecule has 16 heavy (non-hydrogen) atoms. The van der Waals surface area contributed by atoms with E-state index in [0.29, 0.717) is 11.5 Å². The second-order valence-electron chi connectivity index (χ2n) is 3.57. The molecule has 0 fully saturated rings. The van der Waals surface area contributed by atoms with Crippen LogP contribution < -0.4 is 0 Å². The number of hydrogen-bond acceptors (Lipinski definition) is 2. The smallest absolute Gasteiger partial charge is 0.392 e. The molecule has 0 unspecified atom stereocenters. The molecule has 86 valence electrons. The van der Waals surface area contributed by atoms with Crippen molar-refractivity contribution in [3.8, 4) is 0 Å². The van der Waals surface area contributed by atoms with Crippen LogP contribution in [0.25, 0.3) is 0 Å². The van der Waals surface area contributed by atoms with Crippen LogP contribution in [0.5, 0.6) is 0 Å². The minimum absolute atomic E-state index is 0.0732. The number of rotatable bonds is 2. The maximum Gasteiger partial charge on any atom is 0.392 e. The molecule has 0 aliphatic carbocycles. The Morgan fingerprint density at radius 3 is 2.56 bits per heavy atom. The fourth-order valence-corrected chi connectivity index (χ4v) is 1.52. The lowest BCUT2D eigenvalue weighted by Gasteiger charge is -2.13. The second-order valence-corrected chi connectivity index (χ2v) is 3.57. The third-order valence-corrected chi connectivity index (χ3v) is 2.20. The number of ether oxygens (including phenoxy) is 1. The average Bonchev–Trinajstić information content (AvgIpc) is 2.65. The topological polar surface area (TPSA) is 21.6 Å². The first-order valence-corrected chi connectivity index (χ1v) is 4.88. The number of halogens is 3. The quantitative estimate of drug-likeness (QED) is 0.764. The van der Waals surface area contributed by atoms with Gasteiger partial charge in [-0.1, -0.05) is 18.2 Å². The van der Waals surface area contributed by atoms with Crippen molar-refractivity contribution in [2.75, 3.05) is 6.54 Å². The van der Waals surface area contributed by atoms with E-state index in [1.54, 1.807) is 24.3 Å².